The molecule has 1 aliphatic heterocycles. The van der Waals surface area contributed by atoms with E-state index >= 15 is 0 Å². The van der Waals surface area contributed by atoms with Gasteiger partial charge in [0.1, 0.15) is 30.2 Å². The van der Waals surface area contributed by atoms with Crippen molar-refractivity contribution in [3.05, 3.63) is 29.3 Å². The first kappa shape index (κ1) is 22.7. The van der Waals surface area contributed by atoms with Gasteiger partial charge in [-0.3, -0.25) is 4.79 Å². The molecule has 10 atom stereocenters. The highest BCUT2D eigenvalue weighted by atomic mass is 16.7. The van der Waals surface area contributed by atoms with Gasteiger partial charge in [-0.25, -0.2) is 4.79 Å². The maximum Gasteiger partial charge on any atom is 0.335 e. The van der Waals surface area contributed by atoms with E-state index in [0.29, 0.717) is 24.0 Å². The van der Waals surface area contributed by atoms with Gasteiger partial charge < -0.3 is 35.0 Å². The fourth-order valence-corrected chi connectivity index (χ4v) is 6.70. The number of carbonyl (C=O) groups excluding carboxylic acids is 1. The SMILES string of the molecule is C[C@]12CC[C@@H]3c4ccc(O[C@@H]5O[C@H](C(=O)O)[C@@H](O)[C@H](O)[C@H]5O)cc4CC[C@H]3[C@@H]1C[C@@H](O)C2=O. The summed E-state index contributed by atoms with van der Waals surface area (Å²) in [6.45, 7) is 2.00. The Balaban J connectivity index is 1.35. The molecule has 0 bridgehead atoms. The first-order valence-corrected chi connectivity index (χ1v) is 11.6. The Morgan fingerprint density at radius 3 is 2.61 bits per heavy atom. The summed E-state index contributed by atoms with van der Waals surface area (Å²) in [5, 5.41) is 49.5. The third-order valence-electron chi connectivity index (χ3n) is 8.50. The third kappa shape index (κ3) is 3.49. The van der Waals surface area contributed by atoms with E-state index in [2.05, 4.69) is 0 Å². The number of aliphatic hydroxyl groups excluding tert-OH is 4. The van der Waals surface area contributed by atoms with Gasteiger partial charge in [0.2, 0.25) is 6.29 Å². The molecular weight excluding hydrogens is 432 g/mol. The normalized spacial score (nSPS) is 44.5. The van der Waals surface area contributed by atoms with Crippen LogP contribution in [0.5, 0.6) is 5.75 Å². The van der Waals surface area contributed by atoms with Gasteiger partial charge in [0, 0.05) is 5.41 Å². The summed E-state index contributed by atoms with van der Waals surface area (Å²) in [6, 6.07) is 5.54. The number of Topliss-reactive ketones (excluding diaryl/α,β-unsaturated/α-hetero) is 1. The fourth-order valence-electron chi connectivity index (χ4n) is 6.70. The lowest BCUT2D eigenvalue weighted by Gasteiger charge is -2.48. The Labute approximate surface area is 190 Å². The number of ketones is 1. The molecule has 9 nitrogen and oxygen atoms in total. The van der Waals surface area contributed by atoms with Crippen molar-refractivity contribution in [1.82, 2.24) is 0 Å². The Bertz CT molecular complexity index is 963. The van der Waals surface area contributed by atoms with E-state index in [9.17, 15) is 35.1 Å². The Morgan fingerprint density at radius 1 is 1.12 bits per heavy atom. The lowest BCUT2D eigenvalue weighted by Crippen LogP contribution is -2.61. The lowest BCUT2D eigenvalue weighted by molar-refractivity contribution is -0.271. The number of carbonyl (C=O) groups is 2. The number of fused-ring (bicyclic) bond motifs is 5. The van der Waals surface area contributed by atoms with Crippen LogP contribution in [0.4, 0.5) is 0 Å². The predicted molar refractivity (Wildman–Crippen MR) is 112 cm³/mol. The van der Waals surface area contributed by atoms with Crippen molar-refractivity contribution in [3.8, 4) is 5.75 Å². The number of ether oxygens (including phenoxy) is 2. The van der Waals surface area contributed by atoms with Gasteiger partial charge in [0.05, 0.1) is 0 Å². The van der Waals surface area contributed by atoms with Crippen molar-refractivity contribution in [2.45, 2.75) is 81.8 Å². The molecular formula is C24H30O9. The van der Waals surface area contributed by atoms with Crippen molar-refractivity contribution in [2.24, 2.45) is 17.3 Å². The first-order valence-electron chi connectivity index (χ1n) is 11.6. The zero-order chi connectivity index (χ0) is 23.7. The average Bonchev–Trinajstić information content (AvgIpc) is 3.02. The Morgan fingerprint density at radius 2 is 1.88 bits per heavy atom. The van der Waals surface area contributed by atoms with E-state index < -0.39 is 48.2 Å². The number of benzene rings is 1. The molecule has 1 heterocycles. The van der Waals surface area contributed by atoms with Crippen LogP contribution in [0.2, 0.25) is 0 Å². The summed E-state index contributed by atoms with van der Waals surface area (Å²) in [7, 11) is 0. The quantitative estimate of drug-likeness (QED) is 0.428. The number of carboxylic acid groups (broad SMARTS) is 1. The van der Waals surface area contributed by atoms with Gasteiger partial charge >= 0.3 is 5.97 Å². The molecule has 180 valence electrons. The monoisotopic (exact) mass is 462 g/mol. The van der Waals surface area contributed by atoms with Gasteiger partial charge in [0.25, 0.3) is 0 Å². The molecule has 33 heavy (non-hydrogen) atoms. The molecule has 1 aromatic rings. The van der Waals surface area contributed by atoms with E-state index in [-0.39, 0.29) is 11.7 Å². The molecule has 1 saturated heterocycles. The van der Waals surface area contributed by atoms with Crippen molar-refractivity contribution >= 4 is 11.8 Å². The molecule has 0 radical (unpaired) electrons. The highest BCUT2D eigenvalue weighted by molar-refractivity contribution is 5.91. The van der Waals surface area contributed by atoms with Crippen molar-refractivity contribution in [1.29, 1.82) is 0 Å². The molecule has 2 saturated carbocycles. The molecule has 5 rings (SSSR count). The standard InChI is InChI=1S/C24H30O9/c1-24-7-6-13-12-5-3-11(32-23-19(28)17(26)18(27)20(33-23)22(30)31)8-10(12)2-4-14(13)15(24)9-16(25)21(24)29/h3,5,8,13-20,23,25-28H,2,4,6-7,9H2,1H3,(H,30,31)/t13-,14-,15+,16-,17+,18+,19-,20+,23-,24+/m1/s1. The minimum atomic E-state index is -1.77. The number of rotatable bonds is 3. The first-order chi connectivity index (χ1) is 15.6. The molecule has 0 amide bonds. The highest BCUT2D eigenvalue weighted by Crippen LogP contribution is 2.59. The highest BCUT2D eigenvalue weighted by Gasteiger charge is 2.58. The van der Waals surface area contributed by atoms with Gasteiger partial charge in [-0.1, -0.05) is 13.0 Å². The number of carboxylic acids is 1. The van der Waals surface area contributed by atoms with Crippen LogP contribution in [0, 0.1) is 17.3 Å². The minimum Gasteiger partial charge on any atom is -0.479 e. The van der Waals surface area contributed by atoms with Crippen LogP contribution in [-0.4, -0.2) is 74.1 Å². The predicted octanol–water partition coefficient (Wildman–Crippen LogP) is 0.354. The van der Waals surface area contributed by atoms with E-state index in [1.54, 1.807) is 6.07 Å². The van der Waals surface area contributed by atoms with Gasteiger partial charge in [-0.05, 0) is 73.1 Å². The second-order valence-corrected chi connectivity index (χ2v) is 10.2. The molecule has 1 aromatic carbocycles. The summed E-state index contributed by atoms with van der Waals surface area (Å²) in [5.41, 5.74) is 1.84. The Hall–Kier alpha value is -2.04. The Kier molecular flexibility index (Phi) is 5.53. The van der Waals surface area contributed by atoms with Crippen LogP contribution < -0.4 is 4.74 Å². The molecule has 0 spiro atoms. The molecule has 9 heteroatoms. The second kappa shape index (κ2) is 8.02. The number of hydrogen-bond donors (Lipinski definition) is 5. The largest absolute Gasteiger partial charge is 0.479 e. The smallest absolute Gasteiger partial charge is 0.335 e. The number of hydrogen-bond acceptors (Lipinski definition) is 8. The van der Waals surface area contributed by atoms with E-state index in [0.717, 1.165) is 31.2 Å². The maximum absolute atomic E-state index is 12.6. The van der Waals surface area contributed by atoms with Crippen LogP contribution >= 0.6 is 0 Å². The number of aliphatic carboxylic acids is 1. The summed E-state index contributed by atoms with van der Waals surface area (Å²) in [4.78, 5) is 23.9. The van der Waals surface area contributed by atoms with Crippen LogP contribution in [0.15, 0.2) is 18.2 Å². The van der Waals surface area contributed by atoms with Crippen molar-refractivity contribution < 1.29 is 44.6 Å². The van der Waals surface area contributed by atoms with E-state index in [1.807, 2.05) is 19.1 Å². The molecule has 3 aliphatic carbocycles. The van der Waals surface area contributed by atoms with Crippen LogP contribution in [0.25, 0.3) is 0 Å². The summed E-state index contributed by atoms with van der Waals surface area (Å²) in [6.07, 6.45) is -5.28. The van der Waals surface area contributed by atoms with E-state index in [4.69, 9.17) is 9.47 Å². The molecule has 0 unspecified atom stereocenters. The average molecular weight is 462 g/mol. The van der Waals surface area contributed by atoms with Gasteiger partial charge in [0.15, 0.2) is 11.9 Å². The molecule has 4 aliphatic rings. The lowest BCUT2D eigenvalue weighted by atomic mass is 9.55. The van der Waals surface area contributed by atoms with Crippen LogP contribution in [-0.2, 0) is 20.7 Å². The van der Waals surface area contributed by atoms with Crippen LogP contribution in [0.1, 0.15) is 49.7 Å². The maximum atomic E-state index is 12.6. The second-order valence-electron chi connectivity index (χ2n) is 10.2. The minimum absolute atomic E-state index is 0.0153. The van der Waals surface area contributed by atoms with Gasteiger partial charge in [-0.2, -0.15) is 0 Å². The fraction of sp³-hybridized carbons (Fsp3) is 0.667. The summed E-state index contributed by atoms with van der Waals surface area (Å²) >= 11 is 0. The van der Waals surface area contributed by atoms with Gasteiger partial charge in [-0.15, -0.1) is 0 Å². The number of aliphatic hydroxyl groups is 4. The molecule has 5 N–H and O–H groups in total. The van der Waals surface area contributed by atoms with Crippen LogP contribution in [0.3, 0.4) is 0 Å². The van der Waals surface area contributed by atoms with Crippen molar-refractivity contribution in [3.63, 3.8) is 0 Å². The summed E-state index contributed by atoms with van der Waals surface area (Å²) < 4.78 is 10.9. The third-order valence-corrected chi connectivity index (χ3v) is 8.50. The zero-order valence-electron chi connectivity index (χ0n) is 18.3. The number of aryl methyl sites for hydroxylation is 1. The topological polar surface area (TPSA) is 154 Å². The van der Waals surface area contributed by atoms with Crippen molar-refractivity contribution in [2.75, 3.05) is 0 Å². The molecule has 0 aromatic heterocycles. The molecule has 3 fully saturated rings. The summed E-state index contributed by atoms with van der Waals surface area (Å²) in [5.74, 6) is -0.299. The van der Waals surface area contributed by atoms with E-state index in [1.165, 1.54) is 5.56 Å². The zero-order valence-corrected chi connectivity index (χ0v) is 18.3.